The van der Waals surface area contributed by atoms with Crippen LogP contribution in [0, 0.1) is 5.82 Å². The summed E-state index contributed by atoms with van der Waals surface area (Å²) in [7, 11) is 0. The van der Waals surface area contributed by atoms with Gasteiger partial charge in [-0.1, -0.05) is 29.3 Å². The quantitative estimate of drug-likeness (QED) is 0.802. The fraction of sp³-hybridized carbons (Fsp3) is 0.571. The number of rotatable bonds is 3. The van der Waals surface area contributed by atoms with Gasteiger partial charge in [0.2, 0.25) is 0 Å². The Balaban J connectivity index is 2.08. The molecule has 1 aliphatic rings. The van der Waals surface area contributed by atoms with Gasteiger partial charge in [-0.05, 0) is 49.6 Å². The summed E-state index contributed by atoms with van der Waals surface area (Å²) >= 11 is 3.35. The summed E-state index contributed by atoms with van der Waals surface area (Å²) in [6, 6.07) is 5.85. The summed E-state index contributed by atoms with van der Waals surface area (Å²) in [5.74, 6) is -0.153. The first-order valence-corrected chi connectivity index (χ1v) is 7.17. The van der Waals surface area contributed by atoms with Crippen molar-refractivity contribution in [2.24, 2.45) is 0 Å². The van der Waals surface area contributed by atoms with Gasteiger partial charge >= 0.3 is 0 Å². The Bertz CT molecular complexity index is 360. The highest BCUT2D eigenvalue weighted by molar-refractivity contribution is 9.10. The van der Waals surface area contributed by atoms with E-state index in [1.807, 2.05) is 6.07 Å². The summed E-state index contributed by atoms with van der Waals surface area (Å²) in [5, 5.41) is 0. The van der Waals surface area contributed by atoms with E-state index in [2.05, 4.69) is 27.8 Å². The Morgan fingerprint density at radius 3 is 2.88 bits per heavy atom. The molecule has 0 radical (unpaired) electrons. The largest absolute Gasteiger partial charge is 0.296 e. The van der Waals surface area contributed by atoms with Crippen molar-refractivity contribution >= 4 is 15.9 Å². The Morgan fingerprint density at radius 2 is 2.18 bits per heavy atom. The molecule has 1 atom stereocenters. The minimum absolute atomic E-state index is 0.153. The molecule has 3 heteroatoms. The van der Waals surface area contributed by atoms with Crippen LogP contribution in [0.3, 0.4) is 0 Å². The van der Waals surface area contributed by atoms with Crippen molar-refractivity contribution in [2.75, 3.05) is 6.54 Å². The Morgan fingerprint density at radius 1 is 1.35 bits per heavy atom. The summed E-state index contributed by atoms with van der Waals surface area (Å²) in [5.41, 5.74) is 1.07. The van der Waals surface area contributed by atoms with Crippen LogP contribution in [-0.2, 0) is 6.54 Å². The van der Waals surface area contributed by atoms with Gasteiger partial charge in [0.05, 0.1) is 0 Å². The van der Waals surface area contributed by atoms with Gasteiger partial charge in [0, 0.05) is 17.1 Å². The second-order valence-corrected chi connectivity index (χ2v) is 5.72. The molecule has 1 unspecified atom stereocenters. The molecule has 1 fully saturated rings. The van der Waals surface area contributed by atoms with Crippen molar-refractivity contribution in [3.63, 3.8) is 0 Å². The molecular weight excluding hydrogens is 281 g/mol. The van der Waals surface area contributed by atoms with Crippen LogP contribution < -0.4 is 0 Å². The summed E-state index contributed by atoms with van der Waals surface area (Å²) in [6.07, 6.45) is 5.08. The molecule has 0 saturated carbocycles. The number of piperidine rings is 1. The van der Waals surface area contributed by atoms with Crippen LogP contribution in [0.4, 0.5) is 4.39 Å². The third-order valence-corrected chi connectivity index (χ3v) is 3.99. The zero-order valence-electron chi connectivity index (χ0n) is 10.3. The fourth-order valence-corrected chi connectivity index (χ4v) is 3.18. The topological polar surface area (TPSA) is 3.24 Å². The van der Waals surface area contributed by atoms with Gasteiger partial charge in [-0.2, -0.15) is 0 Å². The highest BCUT2D eigenvalue weighted by Gasteiger charge is 2.20. The van der Waals surface area contributed by atoms with E-state index in [1.165, 1.54) is 31.7 Å². The monoisotopic (exact) mass is 299 g/mol. The SMILES string of the molecule is CCC1CCCCN1Cc1cc(F)cc(Br)c1. The van der Waals surface area contributed by atoms with Gasteiger partial charge in [-0.3, -0.25) is 4.90 Å². The molecule has 1 saturated heterocycles. The van der Waals surface area contributed by atoms with Gasteiger partial charge in [0.15, 0.2) is 0 Å². The van der Waals surface area contributed by atoms with Gasteiger partial charge in [0.25, 0.3) is 0 Å². The maximum atomic E-state index is 13.3. The van der Waals surface area contributed by atoms with E-state index in [0.717, 1.165) is 23.1 Å². The van der Waals surface area contributed by atoms with Crippen LogP contribution in [0.1, 0.15) is 38.2 Å². The van der Waals surface area contributed by atoms with Gasteiger partial charge < -0.3 is 0 Å². The zero-order chi connectivity index (χ0) is 12.3. The van der Waals surface area contributed by atoms with Crippen molar-refractivity contribution in [1.29, 1.82) is 0 Å². The molecule has 1 aromatic rings. The van der Waals surface area contributed by atoms with Crippen molar-refractivity contribution in [1.82, 2.24) is 4.90 Å². The number of nitrogens with zero attached hydrogens (tertiary/aromatic N) is 1. The predicted molar refractivity (Wildman–Crippen MR) is 72.4 cm³/mol. The smallest absolute Gasteiger partial charge is 0.124 e. The molecule has 0 N–H and O–H groups in total. The maximum Gasteiger partial charge on any atom is 0.124 e. The van der Waals surface area contributed by atoms with E-state index in [4.69, 9.17) is 0 Å². The lowest BCUT2D eigenvalue weighted by Gasteiger charge is -2.35. The molecule has 1 aromatic carbocycles. The molecule has 1 nitrogen and oxygen atoms in total. The third kappa shape index (κ3) is 3.52. The van der Waals surface area contributed by atoms with E-state index in [9.17, 15) is 4.39 Å². The minimum Gasteiger partial charge on any atom is -0.296 e. The lowest BCUT2D eigenvalue weighted by Crippen LogP contribution is -2.38. The fourth-order valence-electron chi connectivity index (χ4n) is 2.67. The van der Waals surface area contributed by atoms with Crippen LogP contribution in [-0.4, -0.2) is 17.5 Å². The molecule has 0 spiro atoms. The van der Waals surface area contributed by atoms with Crippen LogP contribution in [0.2, 0.25) is 0 Å². The molecule has 94 valence electrons. The Labute approximate surface area is 111 Å². The highest BCUT2D eigenvalue weighted by atomic mass is 79.9. The molecule has 0 aliphatic carbocycles. The molecular formula is C14H19BrFN. The lowest BCUT2D eigenvalue weighted by molar-refractivity contribution is 0.136. The number of hydrogen-bond acceptors (Lipinski definition) is 1. The van der Waals surface area contributed by atoms with Gasteiger partial charge in [-0.15, -0.1) is 0 Å². The molecule has 0 bridgehead atoms. The van der Waals surface area contributed by atoms with Crippen LogP contribution >= 0.6 is 15.9 Å². The maximum absolute atomic E-state index is 13.3. The number of benzene rings is 1. The third-order valence-electron chi connectivity index (χ3n) is 3.53. The van der Waals surface area contributed by atoms with Gasteiger partial charge in [-0.25, -0.2) is 4.39 Å². The number of hydrogen-bond donors (Lipinski definition) is 0. The van der Waals surface area contributed by atoms with E-state index in [1.54, 1.807) is 6.07 Å². The molecule has 2 rings (SSSR count). The van der Waals surface area contributed by atoms with E-state index >= 15 is 0 Å². The minimum atomic E-state index is -0.153. The first-order chi connectivity index (χ1) is 8.19. The second-order valence-electron chi connectivity index (χ2n) is 4.81. The summed E-state index contributed by atoms with van der Waals surface area (Å²) < 4.78 is 14.1. The normalized spacial score (nSPS) is 21.7. The van der Waals surface area contributed by atoms with E-state index in [-0.39, 0.29) is 5.82 Å². The first-order valence-electron chi connectivity index (χ1n) is 6.38. The Hall–Kier alpha value is -0.410. The first kappa shape index (κ1) is 13.0. The lowest BCUT2D eigenvalue weighted by atomic mass is 9.99. The van der Waals surface area contributed by atoms with Crippen molar-refractivity contribution in [3.8, 4) is 0 Å². The predicted octanol–water partition coefficient (Wildman–Crippen LogP) is 4.35. The number of likely N-dealkylation sites (tertiary alicyclic amines) is 1. The summed E-state index contributed by atoms with van der Waals surface area (Å²) in [4.78, 5) is 2.49. The van der Waals surface area contributed by atoms with E-state index in [0.29, 0.717) is 6.04 Å². The van der Waals surface area contributed by atoms with Crippen LogP contribution in [0.15, 0.2) is 22.7 Å². The average Bonchev–Trinajstić information content (AvgIpc) is 2.28. The number of halogens is 2. The zero-order valence-corrected chi connectivity index (χ0v) is 11.8. The molecule has 1 aliphatic heterocycles. The molecule has 0 amide bonds. The molecule has 1 heterocycles. The van der Waals surface area contributed by atoms with Crippen LogP contribution in [0.25, 0.3) is 0 Å². The summed E-state index contributed by atoms with van der Waals surface area (Å²) in [6.45, 7) is 4.26. The van der Waals surface area contributed by atoms with Crippen molar-refractivity contribution in [3.05, 3.63) is 34.1 Å². The van der Waals surface area contributed by atoms with Crippen LogP contribution in [0.5, 0.6) is 0 Å². The van der Waals surface area contributed by atoms with Crippen molar-refractivity contribution in [2.45, 2.75) is 45.2 Å². The van der Waals surface area contributed by atoms with Crippen molar-refractivity contribution < 1.29 is 4.39 Å². The molecule has 0 aromatic heterocycles. The highest BCUT2D eigenvalue weighted by Crippen LogP contribution is 2.23. The Kier molecular flexibility index (Phi) is 4.57. The average molecular weight is 300 g/mol. The standard InChI is InChI=1S/C14H19BrFN/c1-2-14-5-3-4-6-17(14)10-11-7-12(15)9-13(16)8-11/h7-9,14H,2-6,10H2,1H3. The second kappa shape index (κ2) is 5.96. The van der Waals surface area contributed by atoms with E-state index < -0.39 is 0 Å². The molecule has 17 heavy (non-hydrogen) atoms. The van der Waals surface area contributed by atoms with Gasteiger partial charge in [0.1, 0.15) is 5.82 Å².